The van der Waals surface area contributed by atoms with Gasteiger partial charge < -0.3 is 19.3 Å². The van der Waals surface area contributed by atoms with E-state index in [-0.39, 0.29) is 6.29 Å². The first-order chi connectivity index (χ1) is 7.72. The highest BCUT2D eigenvalue weighted by atomic mass is 16.7. The maximum Gasteiger partial charge on any atom is 0.162 e. The molecule has 2 rings (SSSR count). The van der Waals surface area contributed by atoms with E-state index in [0.717, 1.165) is 0 Å². The highest BCUT2D eigenvalue weighted by Gasteiger charge is 2.25. The van der Waals surface area contributed by atoms with Gasteiger partial charge in [-0.15, -0.1) is 0 Å². The van der Waals surface area contributed by atoms with Crippen LogP contribution in [0, 0.1) is 0 Å². The van der Waals surface area contributed by atoms with Crippen molar-refractivity contribution in [2.75, 3.05) is 20.3 Å². The Kier molecular flexibility index (Phi) is 3.42. The molecule has 1 aliphatic rings. The normalized spacial score (nSPS) is 18.9. The smallest absolute Gasteiger partial charge is 0.162 e. The van der Waals surface area contributed by atoms with Crippen molar-refractivity contribution in [3.8, 4) is 5.75 Å². The van der Waals surface area contributed by atoms with Gasteiger partial charge in [-0.2, -0.15) is 5.10 Å². The van der Waals surface area contributed by atoms with Gasteiger partial charge in [0.1, 0.15) is 11.8 Å². The number of hydrogen-bond acceptors (Lipinski definition) is 5. The summed E-state index contributed by atoms with van der Waals surface area (Å²) in [4.78, 5) is 0. The first-order valence-electron chi connectivity index (χ1n) is 5.19. The van der Waals surface area contributed by atoms with E-state index in [1.807, 2.05) is 0 Å². The van der Waals surface area contributed by atoms with Crippen LogP contribution in [0.5, 0.6) is 5.75 Å². The molecule has 6 nitrogen and oxygen atoms in total. The third kappa shape index (κ3) is 2.18. The molecular weight excluding hydrogens is 212 g/mol. The van der Waals surface area contributed by atoms with Crippen molar-refractivity contribution in [2.24, 2.45) is 7.05 Å². The van der Waals surface area contributed by atoms with Crippen LogP contribution in [-0.4, -0.2) is 41.5 Å². The molecule has 1 aliphatic heterocycles. The van der Waals surface area contributed by atoms with Crippen LogP contribution >= 0.6 is 0 Å². The molecule has 1 atom stereocenters. The summed E-state index contributed by atoms with van der Waals surface area (Å²) in [5.74, 6) is 0.577. The van der Waals surface area contributed by atoms with Crippen molar-refractivity contribution < 1.29 is 19.3 Å². The summed E-state index contributed by atoms with van der Waals surface area (Å²) >= 11 is 0. The van der Waals surface area contributed by atoms with E-state index in [0.29, 0.717) is 31.1 Å². The molecule has 0 bridgehead atoms. The van der Waals surface area contributed by atoms with Gasteiger partial charge in [-0.25, -0.2) is 0 Å². The minimum Gasteiger partial charge on any atom is -0.493 e. The second-order valence-corrected chi connectivity index (χ2v) is 3.64. The molecule has 1 N–H and O–H groups in total. The van der Waals surface area contributed by atoms with Crippen LogP contribution < -0.4 is 4.74 Å². The Morgan fingerprint density at radius 3 is 2.94 bits per heavy atom. The van der Waals surface area contributed by atoms with Crippen LogP contribution in [-0.2, 0) is 16.5 Å². The second kappa shape index (κ2) is 4.82. The van der Waals surface area contributed by atoms with Gasteiger partial charge in [-0.3, -0.25) is 4.68 Å². The highest BCUT2D eigenvalue weighted by molar-refractivity contribution is 5.26. The van der Waals surface area contributed by atoms with E-state index in [9.17, 15) is 5.11 Å². The zero-order valence-corrected chi connectivity index (χ0v) is 9.42. The predicted octanol–water partition coefficient (Wildman–Crippen LogP) is 0.225. The van der Waals surface area contributed by atoms with Crippen molar-refractivity contribution in [1.29, 1.82) is 0 Å². The van der Waals surface area contributed by atoms with Gasteiger partial charge in [0.15, 0.2) is 12.0 Å². The number of methoxy groups -OCH3 is 1. The summed E-state index contributed by atoms with van der Waals surface area (Å²) in [6.07, 6.45) is 0.922. The maximum absolute atomic E-state index is 10.1. The zero-order valence-electron chi connectivity index (χ0n) is 9.42. The van der Waals surface area contributed by atoms with E-state index in [4.69, 9.17) is 14.2 Å². The molecule has 0 saturated carbocycles. The van der Waals surface area contributed by atoms with E-state index in [1.165, 1.54) is 0 Å². The fourth-order valence-electron chi connectivity index (χ4n) is 1.80. The molecule has 1 aromatic heterocycles. The number of aryl methyl sites for hydroxylation is 1. The van der Waals surface area contributed by atoms with Crippen LogP contribution in [0.2, 0.25) is 0 Å². The third-order valence-electron chi connectivity index (χ3n) is 2.59. The molecule has 1 aromatic rings. The highest BCUT2D eigenvalue weighted by Crippen LogP contribution is 2.28. The lowest BCUT2D eigenvalue weighted by Crippen LogP contribution is -2.16. The Bertz CT molecular complexity index is 347. The molecule has 6 heteroatoms. The van der Waals surface area contributed by atoms with Crippen LogP contribution in [0.1, 0.15) is 18.2 Å². The largest absolute Gasteiger partial charge is 0.493 e. The quantitative estimate of drug-likeness (QED) is 0.798. The van der Waals surface area contributed by atoms with Crippen LogP contribution in [0.4, 0.5) is 0 Å². The Morgan fingerprint density at radius 1 is 1.62 bits per heavy atom. The lowest BCUT2D eigenvalue weighted by Gasteiger charge is -2.16. The van der Waals surface area contributed by atoms with Crippen molar-refractivity contribution in [2.45, 2.75) is 18.8 Å². The molecule has 90 valence electrons. The number of ether oxygens (including phenoxy) is 3. The lowest BCUT2D eigenvalue weighted by atomic mass is 10.1. The summed E-state index contributed by atoms with van der Waals surface area (Å²) in [7, 11) is 3.31. The Morgan fingerprint density at radius 2 is 2.31 bits per heavy atom. The second-order valence-electron chi connectivity index (χ2n) is 3.64. The Labute approximate surface area is 93.7 Å². The van der Waals surface area contributed by atoms with E-state index >= 15 is 0 Å². The van der Waals surface area contributed by atoms with Gasteiger partial charge in [0, 0.05) is 13.5 Å². The Hall–Kier alpha value is -1.11. The van der Waals surface area contributed by atoms with E-state index < -0.39 is 6.10 Å². The molecule has 1 saturated heterocycles. The van der Waals surface area contributed by atoms with Gasteiger partial charge in [-0.05, 0) is 0 Å². The molecule has 0 amide bonds. The minimum atomic E-state index is -0.703. The summed E-state index contributed by atoms with van der Waals surface area (Å²) in [5.41, 5.74) is 0.640. The molecule has 0 aromatic carbocycles. The summed E-state index contributed by atoms with van der Waals surface area (Å²) < 4.78 is 17.3. The first-order valence-corrected chi connectivity index (χ1v) is 5.19. The molecule has 0 radical (unpaired) electrons. The average molecular weight is 228 g/mol. The fourth-order valence-corrected chi connectivity index (χ4v) is 1.80. The van der Waals surface area contributed by atoms with Crippen LogP contribution in [0.25, 0.3) is 0 Å². The van der Waals surface area contributed by atoms with Gasteiger partial charge in [-0.1, -0.05) is 0 Å². The molecule has 2 heterocycles. The van der Waals surface area contributed by atoms with Crippen LogP contribution in [0.15, 0.2) is 6.20 Å². The van der Waals surface area contributed by atoms with Gasteiger partial charge >= 0.3 is 0 Å². The van der Waals surface area contributed by atoms with Gasteiger partial charge in [0.25, 0.3) is 0 Å². The summed E-state index contributed by atoms with van der Waals surface area (Å²) in [6, 6.07) is 0. The van der Waals surface area contributed by atoms with Crippen molar-refractivity contribution in [3.05, 3.63) is 11.9 Å². The lowest BCUT2D eigenvalue weighted by molar-refractivity contribution is -0.0720. The number of nitrogens with zero attached hydrogens (tertiary/aromatic N) is 2. The summed E-state index contributed by atoms with van der Waals surface area (Å²) in [6.45, 7) is 1.17. The molecule has 1 fully saturated rings. The zero-order chi connectivity index (χ0) is 11.5. The van der Waals surface area contributed by atoms with Crippen molar-refractivity contribution >= 4 is 0 Å². The number of rotatable bonds is 4. The fraction of sp³-hybridized carbons (Fsp3) is 0.700. The van der Waals surface area contributed by atoms with E-state index in [2.05, 4.69) is 5.10 Å². The first kappa shape index (κ1) is 11.4. The van der Waals surface area contributed by atoms with Gasteiger partial charge in [0.2, 0.25) is 0 Å². The predicted molar refractivity (Wildman–Crippen MR) is 55.0 cm³/mol. The number of aliphatic hydroxyl groups excluding tert-OH is 1. The van der Waals surface area contributed by atoms with Crippen molar-refractivity contribution in [1.82, 2.24) is 9.78 Å². The number of hydrogen-bond donors (Lipinski definition) is 1. The Balaban J connectivity index is 2.06. The van der Waals surface area contributed by atoms with Gasteiger partial charge in [0.05, 0.1) is 26.5 Å². The van der Waals surface area contributed by atoms with Crippen molar-refractivity contribution in [3.63, 3.8) is 0 Å². The number of aliphatic hydroxyl groups is 1. The van der Waals surface area contributed by atoms with E-state index in [1.54, 1.807) is 25.0 Å². The average Bonchev–Trinajstić information content (AvgIpc) is 2.87. The maximum atomic E-state index is 10.1. The third-order valence-corrected chi connectivity index (χ3v) is 2.59. The summed E-state index contributed by atoms with van der Waals surface area (Å²) in [5, 5.41) is 14.1. The molecule has 1 unspecified atom stereocenters. The molecule has 16 heavy (non-hydrogen) atoms. The minimum absolute atomic E-state index is 0.338. The topological polar surface area (TPSA) is 65.7 Å². The molecular formula is C10H16N2O4. The monoisotopic (exact) mass is 228 g/mol. The molecule has 0 aliphatic carbocycles. The standard InChI is InChI=1S/C10H16N2O4/c1-12-10(8(14-2)6-11-12)7(13)5-9-15-3-4-16-9/h6-7,9,13H,3-5H2,1-2H3. The van der Waals surface area contributed by atoms with Crippen LogP contribution in [0.3, 0.4) is 0 Å². The number of aromatic nitrogens is 2. The molecule has 0 spiro atoms. The SMILES string of the molecule is COc1cnn(C)c1C(O)CC1OCCO1.